The van der Waals surface area contributed by atoms with Crippen molar-refractivity contribution in [2.75, 3.05) is 0 Å². The van der Waals surface area contributed by atoms with Crippen LogP contribution in [0.25, 0.3) is 0 Å². The number of nitrogens with zero attached hydrogens (tertiary/aromatic N) is 1. The van der Waals surface area contributed by atoms with Crippen LogP contribution in [0.5, 0.6) is 11.5 Å². The zero-order valence-corrected chi connectivity index (χ0v) is 10.9. The fourth-order valence-corrected chi connectivity index (χ4v) is 1.48. The molecule has 0 saturated heterocycles. The van der Waals surface area contributed by atoms with Gasteiger partial charge in [-0.25, -0.2) is 4.98 Å². The summed E-state index contributed by atoms with van der Waals surface area (Å²) in [5, 5.41) is 0. The minimum Gasteiger partial charge on any atom is -0.484 e. The van der Waals surface area contributed by atoms with Gasteiger partial charge in [0.15, 0.2) is 17.2 Å². The smallest absolute Gasteiger partial charge is 0.271 e. The summed E-state index contributed by atoms with van der Waals surface area (Å²) in [5.41, 5.74) is 5.06. The number of hydrogen-bond donors (Lipinski definition) is 1. The van der Waals surface area contributed by atoms with Gasteiger partial charge in [0, 0.05) is 12.3 Å². The van der Waals surface area contributed by atoms with Gasteiger partial charge in [0.25, 0.3) is 5.91 Å². The van der Waals surface area contributed by atoms with E-state index in [9.17, 15) is 4.79 Å². The van der Waals surface area contributed by atoms with Crippen molar-refractivity contribution < 1.29 is 14.3 Å². The van der Waals surface area contributed by atoms with Gasteiger partial charge in [0.1, 0.15) is 5.60 Å². The van der Waals surface area contributed by atoms with Gasteiger partial charge in [-0.1, -0.05) is 0 Å². The molecule has 5 nitrogen and oxygen atoms in total. The Kier molecular flexibility index (Phi) is 3.15. The summed E-state index contributed by atoms with van der Waals surface area (Å²) >= 11 is 0. The lowest BCUT2D eigenvalue weighted by Crippen LogP contribution is -2.24. The second-order valence-corrected chi connectivity index (χ2v) is 5.38. The van der Waals surface area contributed by atoms with Crippen LogP contribution in [0.15, 0.2) is 12.3 Å². The number of carbonyl (C=O) groups is 1. The van der Waals surface area contributed by atoms with Gasteiger partial charge in [-0.15, -0.1) is 0 Å². The maximum absolute atomic E-state index is 11.4. The fourth-order valence-electron chi connectivity index (χ4n) is 1.48. The predicted molar refractivity (Wildman–Crippen MR) is 66.8 cm³/mol. The Morgan fingerprint density at radius 3 is 2.61 bits per heavy atom. The van der Waals surface area contributed by atoms with Crippen molar-refractivity contribution >= 4 is 5.91 Å². The molecule has 0 spiro atoms. The van der Waals surface area contributed by atoms with E-state index in [0.717, 1.165) is 12.8 Å². The zero-order chi connectivity index (χ0) is 13.3. The molecule has 1 heterocycles. The molecule has 1 aliphatic carbocycles. The Hall–Kier alpha value is -1.78. The molecule has 2 N–H and O–H groups in total. The van der Waals surface area contributed by atoms with Crippen molar-refractivity contribution in [2.45, 2.75) is 45.3 Å². The lowest BCUT2D eigenvalue weighted by atomic mass is 10.2. The molecule has 2 rings (SSSR count). The Balaban J connectivity index is 2.36. The Bertz CT molecular complexity index is 462. The molecule has 0 aromatic carbocycles. The van der Waals surface area contributed by atoms with Crippen LogP contribution in [0.3, 0.4) is 0 Å². The average molecular weight is 250 g/mol. The third-order valence-electron chi connectivity index (χ3n) is 2.33. The number of pyridine rings is 1. The third-order valence-corrected chi connectivity index (χ3v) is 2.33. The first kappa shape index (κ1) is 12.7. The number of carbonyl (C=O) groups excluding carboxylic acids is 1. The van der Waals surface area contributed by atoms with Crippen LogP contribution in [0.2, 0.25) is 0 Å². The quantitative estimate of drug-likeness (QED) is 0.885. The summed E-state index contributed by atoms with van der Waals surface area (Å²) in [4.78, 5) is 15.3. The molecule has 5 heteroatoms. The van der Waals surface area contributed by atoms with Crippen molar-refractivity contribution in [2.24, 2.45) is 5.73 Å². The largest absolute Gasteiger partial charge is 0.484 e. The molecule has 1 aromatic rings. The molecule has 1 amide bonds. The van der Waals surface area contributed by atoms with E-state index in [4.69, 9.17) is 15.2 Å². The van der Waals surface area contributed by atoms with Crippen LogP contribution in [-0.4, -0.2) is 22.6 Å². The molecule has 1 saturated carbocycles. The number of primary amides is 1. The fraction of sp³-hybridized carbons (Fsp3) is 0.538. The molecule has 0 unspecified atom stereocenters. The molecule has 0 radical (unpaired) electrons. The molecule has 98 valence electrons. The van der Waals surface area contributed by atoms with Gasteiger partial charge in [0.2, 0.25) is 0 Å². The number of hydrogen-bond acceptors (Lipinski definition) is 4. The molecule has 1 aromatic heterocycles. The van der Waals surface area contributed by atoms with Crippen molar-refractivity contribution in [1.82, 2.24) is 4.98 Å². The molecule has 1 aliphatic rings. The second-order valence-electron chi connectivity index (χ2n) is 5.38. The Morgan fingerprint density at radius 2 is 2.11 bits per heavy atom. The number of aromatic nitrogens is 1. The predicted octanol–water partition coefficient (Wildman–Crippen LogP) is 1.90. The minimum absolute atomic E-state index is 0.128. The summed E-state index contributed by atoms with van der Waals surface area (Å²) in [6, 6.07) is 1.69. The first-order valence-corrected chi connectivity index (χ1v) is 6.01. The van der Waals surface area contributed by atoms with Crippen molar-refractivity contribution in [1.29, 1.82) is 0 Å². The normalized spacial score (nSPS) is 15.3. The second kappa shape index (κ2) is 4.48. The summed E-state index contributed by atoms with van der Waals surface area (Å²) in [6.07, 6.45) is 3.63. The SMILES string of the molecule is CC(C)(C)Oc1ccnc(C(N)=O)c1OC1CC1. The van der Waals surface area contributed by atoms with Crippen molar-refractivity contribution in [3.05, 3.63) is 18.0 Å². The monoisotopic (exact) mass is 250 g/mol. The third kappa shape index (κ3) is 3.12. The van der Waals surface area contributed by atoms with Crippen LogP contribution in [0, 0.1) is 0 Å². The van der Waals surface area contributed by atoms with E-state index >= 15 is 0 Å². The molecule has 0 bridgehead atoms. The van der Waals surface area contributed by atoms with E-state index in [1.165, 1.54) is 6.20 Å². The van der Waals surface area contributed by atoms with E-state index in [1.807, 2.05) is 20.8 Å². The summed E-state index contributed by atoms with van der Waals surface area (Å²) in [6.45, 7) is 5.79. The van der Waals surface area contributed by atoms with Gasteiger partial charge in [-0.2, -0.15) is 0 Å². The highest BCUT2D eigenvalue weighted by Gasteiger charge is 2.29. The van der Waals surface area contributed by atoms with Crippen LogP contribution in [0.1, 0.15) is 44.1 Å². The molecule has 0 atom stereocenters. The molecular weight excluding hydrogens is 232 g/mol. The summed E-state index contributed by atoms with van der Waals surface area (Å²) in [7, 11) is 0. The van der Waals surface area contributed by atoms with Crippen molar-refractivity contribution in [3.63, 3.8) is 0 Å². The number of ether oxygens (including phenoxy) is 2. The van der Waals surface area contributed by atoms with Crippen LogP contribution in [0.4, 0.5) is 0 Å². The maximum atomic E-state index is 11.4. The first-order valence-electron chi connectivity index (χ1n) is 6.01. The average Bonchev–Trinajstić information content (AvgIpc) is 3.01. The van der Waals surface area contributed by atoms with E-state index in [0.29, 0.717) is 11.5 Å². The van der Waals surface area contributed by atoms with Crippen LogP contribution < -0.4 is 15.2 Å². The molecular formula is C13H18N2O3. The van der Waals surface area contributed by atoms with E-state index in [2.05, 4.69) is 4.98 Å². The molecule has 1 fully saturated rings. The Morgan fingerprint density at radius 1 is 1.44 bits per heavy atom. The van der Waals surface area contributed by atoms with E-state index < -0.39 is 5.91 Å². The van der Waals surface area contributed by atoms with Gasteiger partial charge >= 0.3 is 0 Å². The summed E-state index contributed by atoms with van der Waals surface area (Å²) in [5.74, 6) is 0.269. The maximum Gasteiger partial charge on any atom is 0.271 e. The van der Waals surface area contributed by atoms with Gasteiger partial charge in [0.05, 0.1) is 6.10 Å². The number of nitrogens with two attached hydrogens (primary N) is 1. The lowest BCUT2D eigenvalue weighted by molar-refractivity contribution is 0.0979. The molecule has 0 aliphatic heterocycles. The highest BCUT2D eigenvalue weighted by Crippen LogP contribution is 2.36. The molecule has 18 heavy (non-hydrogen) atoms. The van der Waals surface area contributed by atoms with Gasteiger partial charge < -0.3 is 15.2 Å². The van der Waals surface area contributed by atoms with Crippen LogP contribution in [-0.2, 0) is 0 Å². The number of amides is 1. The highest BCUT2D eigenvalue weighted by atomic mass is 16.5. The van der Waals surface area contributed by atoms with Gasteiger partial charge in [-0.05, 0) is 33.6 Å². The number of rotatable bonds is 4. The highest BCUT2D eigenvalue weighted by molar-refractivity contribution is 5.94. The van der Waals surface area contributed by atoms with Gasteiger partial charge in [-0.3, -0.25) is 4.79 Å². The lowest BCUT2D eigenvalue weighted by Gasteiger charge is -2.23. The standard InChI is InChI=1S/C13H18N2O3/c1-13(2,3)18-9-6-7-15-10(12(14)16)11(9)17-8-4-5-8/h6-8H,4-5H2,1-3H3,(H2,14,16). The topological polar surface area (TPSA) is 74.4 Å². The van der Waals surface area contributed by atoms with Crippen molar-refractivity contribution in [3.8, 4) is 11.5 Å². The van der Waals surface area contributed by atoms with Crippen LogP contribution >= 0.6 is 0 Å². The Labute approximate surface area is 106 Å². The minimum atomic E-state index is -0.606. The van der Waals surface area contributed by atoms with E-state index in [1.54, 1.807) is 6.07 Å². The zero-order valence-electron chi connectivity index (χ0n) is 10.9. The summed E-state index contributed by atoms with van der Waals surface area (Å²) < 4.78 is 11.5. The first-order chi connectivity index (χ1) is 8.37. The van der Waals surface area contributed by atoms with E-state index in [-0.39, 0.29) is 17.4 Å².